The molecule has 1 fully saturated rings. The summed E-state index contributed by atoms with van der Waals surface area (Å²) in [4.78, 5) is 35.4. The molecule has 36 heavy (non-hydrogen) atoms. The maximum atomic E-state index is 13.2. The molecule has 4 rings (SSSR count). The van der Waals surface area contributed by atoms with E-state index >= 15 is 0 Å². The van der Waals surface area contributed by atoms with Crippen LogP contribution in [0.15, 0.2) is 42.7 Å². The van der Waals surface area contributed by atoms with E-state index in [1.807, 2.05) is 39.9 Å². The van der Waals surface area contributed by atoms with E-state index in [4.69, 9.17) is 26.4 Å². The van der Waals surface area contributed by atoms with Crippen LogP contribution in [-0.2, 0) is 16.1 Å². The number of nitrogens with zero attached hydrogens (tertiary/aromatic N) is 5. The lowest BCUT2D eigenvalue weighted by Gasteiger charge is -2.29. The summed E-state index contributed by atoms with van der Waals surface area (Å²) in [6.07, 6.45) is 9.12. The van der Waals surface area contributed by atoms with Crippen LogP contribution < -0.4 is 4.74 Å². The van der Waals surface area contributed by atoms with Crippen LogP contribution in [-0.4, -0.2) is 56.0 Å². The first-order valence-corrected chi connectivity index (χ1v) is 12.8. The predicted molar refractivity (Wildman–Crippen MR) is 139 cm³/mol. The summed E-state index contributed by atoms with van der Waals surface area (Å²) in [5.41, 5.74) is 1.67. The van der Waals surface area contributed by atoms with Gasteiger partial charge in [0.1, 0.15) is 11.5 Å². The lowest BCUT2D eigenvalue weighted by atomic mass is 10.1. The van der Waals surface area contributed by atoms with Gasteiger partial charge in [-0.05, 0) is 56.5 Å². The SMILES string of the molecule is COc1ccc(-c2nc(-c3ccncc3)nn2CCN(C(=O)CCCC(C)=O)C2CCCC2)cc1Cl. The summed E-state index contributed by atoms with van der Waals surface area (Å²) in [7, 11) is 1.58. The molecule has 3 aromatic rings. The Morgan fingerprint density at radius 3 is 2.53 bits per heavy atom. The minimum atomic E-state index is 0.103. The number of benzene rings is 1. The van der Waals surface area contributed by atoms with E-state index in [-0.39, 0.29) is 17.7 Å². The summed E-state index contributed by atoms with van der Waals surface area (Å²) in [5.74, 6) is 2.06. The fourth-order valence-corrected chi connectivity index (χ4v) is 4.96. The molecule has 0 radical (unpaired) electrons. The third-order valence-corrected chi connectivity index (χ3v) is 6.87. The molecule has 0 N–H and O–H groups in total. The predicted octanol–water partition coefficient (Wildman–Crippen LogP) is 5.20. The van der Waals surface area contributed by atoms with E-state index in [0.29, 0.717) is 54.8 Å². The maximum Gasteiger partial charge on any atom is 0.222 e. The van der Waals surface area contributed by atoms with Crippen molar-refractivity contribution in [1.29, 1.82) is 0 Å². The number of Topliss-reactive ketones (excluding diaryl/α,β-unsaturated/α-hetero) is 1. The van der Waals surface area contributed by atoms with Gasteiger partial charge in [0.2, 0.25) is 5.91 Å². The molecule has 2 aromatic heterocycles. The van der Waals surface area contributed by atoms with Crippen molar-refractivity contribution in [1.82, 2.24) is 24.6 Å². The van der Waals surface area contributed by atoms with Crippen LogP contribution in [0.3, 0.4) is 0 Å². The molecule has 1 aliphatic rings. The molecule has 1 aromatic carbocycles. The monoisotopic (exact) mass is 509 g/mol. The van der Waals surface area contributed by atoms with E-state index in [0.717, 1.165) is 36.8 Å². The van der Waals surface area contributed by atoms with Gasteiger partial charge in [-0.3, -0.25) is 9.78 Å². The summed E-state index contributed by atoms with van der Waals surface area (Å²) < 4.78 is 7.15. The third-order valence-electron chi connectivity index (χ3n) is 6.58. The Kier molecular flexibility index (Phi) is 8.70. The van der Waals surface area contributed by atoms with Gasteiger partial charge in [0.05, 0.1) is 18.7 Å². The number of aromatic nitrogens is 4. The van der Waals surface area contributed by atoms with Gasteiger partial charge in [0, 0.05) is 48.9 Å². The van der Waals surface area contributed by atoms with Crippen molar-refractivity contribution in [2.45, 2.75) is 64.5 Å². The van der Waals surface area contributed by atoms with Crippen LogP contribution in [0.5, 0.6) is 5.75 Å². The molecular weight excluding hydrogens is 478 g/mol. The van der Waals surface area contributed by atoms with Crippen molar-refractivity contribution >= 4 is 23.3 Å². The molecule has 1 saturated carbocycles. The topological polar surface area (TPSA) is 90.2 Å². The number of carbonyl (C=O) groups excluding carboxylic acids is 2. The fraction of sp³-hybridized carbons (Fsp3) is 0.444. The quantitative estimate of drug-likeness (QED) is 0.353. The van der Waals surface area contributed by atoms with E-state index in [1.54, 1.807) is 26.4 Å². The molecule has 9 heteroatoms. The lowest BCUT2D eigenvalue weighted by molar-refractivity contribution is -0.133. The van der Waals surface area contributed by atoms with Crippen LogP contribution >= 0.6 is 11.6 Å². The molecular formula is C27H32ClN5O3. The van der Waals surface area contributed by atoms with Crippen LogP contribution in [0.4, 0.5) is 0 Å². The summed E-state index contributed by atoms with van der Waals surface area (Å²) in [6, 6.07) is 9.51. The number of halogens is 1. The molecule has 0 saturated heterocycles. The van der Waals surface area contributed by atoms with Crippen LogP contribution in [0, 0.1) is 0 Å². The van der Waals surface area contributed by atoms with Gasteiger partial charge >= 0.3 is 0 Å². The highest BCUT2D eigenvalue weighted by Gasteiger charge is 2.27. The number of methoxy groups -OCH3 is 1. The Labute approximate surface area is 216 Å². The molecule has 1 aliphatic carbocycles. The van der Waals surface area contributed by atoms with Crippen molar-refractivity contribution in [3.63, 3.8) is 0 Å². The highest BCUT2D eigenvalue weighted by atomic mass is 35.5. The van der Waals surface area contributed by atoms with Crippen molar-refractivity contribution in [3.05, 3.63) is 47.7 Å². The minimum absolute atomic E-state index is 0.103. The first kappa shape index (κ1) is 25.8. The highest BCUT2D eigenvalue weighted by molar-refractivity contribution is 6.32. The van der Waals surface area contributed by atoms with E-state index in [9.17, 15) is 9.59 Å². The standard InChI is InChI=1S/C27H32ClN5O3/c1-19(34)6-5-9-25(35)32(22-7-3-4-8-22)16-17-33-27(21-10-11-24(36-2)23(28)18-21)30-26(31-33)20-12-14-29-15-13-20/h10-15,18,22H,3-9,16-17H2,1-2H3. The van der Waals surface area contributed by atoms with Gasteiger partial charge < -0.3 is 14.4 Å². The van der Waals surface area contributed by atoms with Crippen LogP contribution in [0.1, 0.15) is 51.9 Å². The molecule has 0 atom stereocenters. The second kappa shape index (κ2) is 12.1. The van der Waals surface area contributed by atoms with Gasteiger partial charge in [0.25, 0.3) is 0 Å². The molecule has 8 nitrogen and oxygen atoms in total. The zero-order valence-electron chi connectivity index (χ0n) is 20.8. The minimum Gasteiger partial charge on any atom is -0.495 e. The van der Waals surface area contributed by atoms with Crippen molar-refractivity contribution < 1.29 is 14.3 Å². The molecule has 0 bridgehead atoms. The Morgan fingerprint density at radius 2 is 1.86 bits per heavy atom. The van der Waals surface area contributed by atoms with E-state index in [1.165, 1.54) is 0 Å². The Balaban J connectivity index is 1.61. The normalized spacial score (nSPS) is 13.6. The summed E-state index contributed by atoms with van der Waals surface area (Å²) in [5, 5.41) is 5.28. The average Bonchev–Trinajstić information content (AvgIpc) is 3.55. The number of amides is 1. The molecule has 190 valence electrons. The van der Waals surface area contributed by atoms with Gasteiger partial charge in [-0.2, -0.15) is 5.10 Å². The Bertz CT molecular complexity index is 1190. The average molecular weight is 510 g/mol. The summed E-state index contributed by atoms with van der Waals surface area (Å²) >= 11 is 6.41. The van der Waals surface area contributed by atoms with Crippen molar-refractivity contribution in [2.24, 2.45) is 0 Å². The molecule has 0 aliphatic heterocycles. The number of hydrogen-bond acceptors (Lipinski definition) is 6. The molecule has 0 spiro atoms. The lowest BCUT2D eigenvalue weighted by Crippen LogP contribution is -2.41. The van der Waals surface area contributed by atoms with E-state index < -0.39 is 0 Å². The molecule has 0 unspecified atom stereocenters. The highest BCUT2D eigenvalue weighted by Crippen LogP contribution is 2.31. The Hall–Kier alpha value is -3.26. The van der Waals surface area contributed by atoms with E-state index in [2.05, 4.69) is 4.98 Å². The second-order valence-corrected chi connectivity index (χ2v) is 9.56. The maximum absolute atomic E-state index is 13.2. The zero-order valence-corrected chi connectivity index (χ0v) is 21.6. The van der Waals surface area contributed by atoms with Gasteiger partial charge in [-0.1, -0.05) is 24.4 Å². The van der Waals surface area contributed by atoms with Crippen molar-refractivity contribution in [2.75, 3.05) is 13.7 Å². The van der Waals surface area contributed by atoms with Gasteiger partial charge in [0.15, 0.2) is 11.6 Å². The largest absolute Gasteiger partial charge is 0.495 e. The summed E-state index contributed by atoms with van der Waals surface area (Å²) in [6.45, 7) is 2.59. The second-order valence-electron chi connectivity index (χ2n) is 9.15. The Morgan fingerprint density at radius 1 is 1.11 bits per heavy atom. The number of ketones is 1. The van der Waals surface area contributed by atoms with Crippen LogP contribution in [0.25, 0.3) is 22.8 Å². The fourth-order valence-electron chi connectivity index (χ4n) is 4.70. The number of hydrogen-bond donors (Lipinski definition) is 0. The number of pyridine rings is 1. The van der Waals surface area contributed by atoms with Crippen molar-refractivity contribution in [3.8, 4) is 28.5 Å². The first-order valence-electron chi connectivity index (χ1n) is 12.4. The van der Waals surface area contributed by atoms with Gasteiger partial charge in [-0.25, -0.2) is 9.67 Å². The number of ether oxygens (including phenoxy) is 1. The smallest absolute Gasteiger partial charge is 0.222 e. The molecule has 2 heterocycles. The first-order chi connectivity index (χ1) is 17.5. The van der Waals surface area contributed by atoms with Crippen LogP contribution in [0.2, 0.25) is 5.02 Å². The number of carbonyl (C=O) groups is 2. The number of rotatable bonds is 11. The zero-order chi connectivity index (χ0) is 25.5. The molecule has 1 amide bonds. The van der Waals surface area contributed by atoms with Gasteiger partial charge in [-0.15, -0.1) is 0 Å². The third kappa shape index (κ3) is 6.29.